The number of fused-ring (bicyclic) bond motifs is 2. The molecule has 2 aliphatic heterocycles. The van der Waals surface area contributed by atoms with E-state index < -0.39 is 28.4 Å². The average molecular weight is 644 g/mol. The van der Waals surface area contributed by atoms with Crippen LogP contribution in [-0.4, -0.2) is 118 Å². The maximum atomic E-state index is 12.1. The van der Waals surface area contributed by atoms with Crippen molar-refractivity contribution < 1.29 is 41.5 Å². The molecule has 1 aromatic heterocycles. The Hall–Kier alpha value is -4.63. The minimum atomic E-state index is -4.02. The van der Waals surface area contributed by atoms with Gasteiger partial charge in [0.2, 0.25) is 0 Å². The normalized spacial score (nSPS) is 17.6. The summed E-state index contributed by atoms with van der Waals surface area (Å²) in [6.45, 7) is 0.256. The van der Waals surface area contributed by atoms with Gasteiger partial charge in [0.15, 0.2) is 35.2 Å². The van der Waals surface area contributed by atoms with E-state index in [0.29, 0.717) is 29.4 Å². The number of aliphatic imine (C=N–C) groups is 1. The molecule has 0 saturated carbocycles. The second-order valence-electron chi connectivity index (χ2n) is 10.3. The van der Waals surface area contributed by atoms with Crippen LogP contribution in [0.25, 0.3) is 10.8 Å². The molecule has 2 aliphatic rings. The van der Waals surface area contributed by atoms with E-state index in [-0.39, 0.29) is 24.6 Å². The highest BCUT2D eigenvalue weighted by atomic mass is 32.2. The van der Waals surface area contributed by atoms with Gasteiger partial charge in [0.25, 0.3) is 16.0 Å². The number of benzene rings is 2. The van der Waals surface area contributed by atoms with Crippen LogP contribution in [0.2, 0.25) is 0 Å². The Balaban J connectivity index is 0.000000210. The van der Waals surface area contributed by atoms with Crippen LogP contribution in [0, 0.1) is 0 Å². The van der Waals surface area contributed by atoms with Gasteiger partial charge in [-0.1, -0.05) is 6.07 Å². The number of pyridine rings is 1. The number of aromatic nitrogens is 1. The van der Waals surface area contributed by atoms with Crippen LogP contribution in [0.3, 0.4) is 0 Å². The van der Waals surface area contributed by atoms with Gasteiger partial charge in [-0.15, -0.1) is 0 Å². The zero-order valence-corrected chi connectivity index (χ0v) is 26.8. The number of rotatable bonds is 10. The van der Waals surface area contributed by atoms with Crippen LogP contribution in [0.5, 0.6) is 23.0 Å². The fraction of sp³-hybridized carbons (Fsp3) is 0.400. The van der Waals surface area contributed by atoms with Gasteiger partial charge < -0.3 is 28.7 Å². The van der Waals surface area contributed by atoms with Crippen LogP contribution >= 0.6 is 0 Å². The molecule has 5 rings (SSSR count). The molecule has 0 spiro atoms. The molecule has 1 fully saturated rings. The molecule has 0 bridgehead atoms. The van der Waals surface area contributed by atoms with Crippen molar-refractivity contribution in [1.29, 1.82) is 0 Å². The lowest BCUT2D eigenvalue weighted by molar-refractivity contribution is -0.136. The molecule has 3 aromatic rings. The lowest BCUT2D eigenvalue weighted by Gasteiger charge is -2.39. The van der Waals surface area contributed by atoms with E-state index in [1.165, 1.54) is 18.3 Å². The summed E-state index contributed by atoms with van der Waals surface area (Å²) in [6.07, 6.45) is 3.51. The second-order valence-corrected chi connectivity index (χ2v) is 11.9. The summed E-state index contributed by atoms with van der Waals surface area (Å²) in [6, 6.07) is 10.7. The van der Waals surface area contributed by atoms with Crippen molar-refractivity contribution in [2.24, 2.45) is 4.99 Å². The van der Waals surface area contributed by atoms with Crippen LogP contribution < -0.4 is 18.9 Å². The van der Waals surface area contributed by atoms with Crippen LogP contribution in [0.4, 0.5) is 4.79 Å². The number of hydrogen-bond acceptors (Lipinski definition) is 11. The summed E-state index contributed by atoms with van der Waals surface area (Å²) in [7, 11) is 5.46. The number of methoxy groups -OCH3 is 4. The van der Waals surface area contributed by atoms with Crippen molar-refractivity contribution in [2.75, 3.05) is 54.8 Å². The third-order valence-electron chi connectivity index (χ3n) is 7.57. The summed E-state index contributed by atoms with van der Waals surface area (Å²) >= 11 is 0. The van der Waals surface area contributed by atoms with Crippen molar-refractivity contribution >= 4 is 39.2 Å². The van der Waals surface area contributed by atoms with E-state index in [9.17, 15) is 18.0 Å². The maximum absolute atomic E-state index is 12.1. The molecule has 1 N–H and O–H groups in total. The third kappa shape index (κ3) is 7.37. The molecule has 45 heavy (non-hydrogen) atoms. The zero-order valence-electron chi connectivity index (χ0n) is 26.0. The number of likely N-dealkylation sites (N-methyl/N-ethyl adjacent to an activating group) is 2. The molecule has 3 heterocycles. The van der Waals surface area contributed by atoms with Gasteiger partial charge in [0.1, 0.15) is 0 Å². The number of carbonyl (C=O) groups is 2. The number of amides is 3. The number of carbonyl (C=O) groups excluding carboxylic acids is 2. The highest BCUT2D eigenvalue weighted by Crippen LogP contribution is 2.34. The highest BCUT2D eigenvalue weighted by molar-refractivity contribution is 7.85. The Morgan fingerprint density at radius 3 is 2.18 bits per heavy atom. The molecule has 242 valence electrons. The van der Waals surface area contributed by atoms with Crippen molar-refractivity contribution in [3.8, 4) is 23.0 Å². The SMILES string of the molecule is CN1C(=O)C2C(N=CN2CCCS(=O)(=O)O)N(C)C1=O.COc1ccc(Cc2nccc3cc(OC)c(OC)cc23)cc1OC. The quantitative estimate of drug-likeness (QED) is 0.324. The van der Waals surface area contributed by atoms with Gasteiger partial charge in [-0.25, -0.2) is 9.79 Å². The van der Waals surface area contributed by atoms with Gasteiger partial charge in [0.05, 0.1) is 46.2 Å². The van der Waals surface area contributed by atoms with Crippen molar-refractivity contribution in [2.45, 2.75) is 25.0 Å². The fourth-order valence-corrected chi connectivity index (χ4v) is 5.71. The van der Waals surface area contributed by atoms with E-state index in [4.69, 9.17) is 23.5 Å². The highest BCUT2D eigenvalue weighted by Gasteiger charge is 2.48. The van der Waals surface area contributed by atoms with Gasteiger partial charge in [0, 0.05) is 38.6 Å². The number of ether oxygens (including phenoxy) is 4. The molecule has 0 aliphatic carbocycles. The molecular formula is C30H37N5O9S. The molecule has 2 atom stereocenters. The first-order valence-electron chi connectivity index (χ1n) is 13.9. The molecule has 1 saturated heterocycles. The second kappa shape index (κ2) is 14.0. The maximum Gasteiger partial charge on any atom is 0.328 e. The largest absolute Gasteiger partial charge is 0.493 e. The van der Waals surface area contributed by atoms with E-state index in [1.54, 1.807) is 40.4 Å². The summed E-state index contributed by atoms with van der Waals surface area (Å²) in [5, 5.41) is 2.10. The predicted octanol–water partition coefficient (Wildman–Crippen LogP) is 2.69. The Labute approximate surface area is 261 Å². The average Bonchev–Trinajstić information content (AvgIpc) is 3.45. The molecule has 3 amide bonds. The Morgan fingerprint density at radius 2 is 1.53 bits per heavy atom. The topological polar surface area (TPSA) is 160 Å². The third-order valence-corrected chi connectivity index (χ3v) is 8.37. The first-order chi connectivity index (χ1) is 21.4. The number of nitrogens with zero attached hydrogens (tertiary/aromatic N) is 5. The van der Waals surface area contributed by atoms with E-state index in [0.717, 1.165) is 26.9 Å². The predicted molar refractivity (Wildman–Crippen MR) is 167 cm³/mol. The van der Waals surface area contributed by atoms with E-state index in [1.807, 2.05) is 42.6 Å². The summed E-state index contributed by atoms with van der Waals surface area (Å²) in [5.41, 5.74) is 2.05. The van der Waals surface area contributed by atoms with Crippen molar-refractivity contribution in [1.82, 2.24) is 19.7 Å². The van der Waals surface area contributed by atoms with Gasteiger partial charge in [-0.3, -0.25) is 19.2 Å². The number of hydrogen-bond donors (Lipinski definition) is 1. The van der Waals surface area contributed by atoms with Crippen LogP contribution in [0.15, 0.2) is 47.6 Å². The molecule has 2 aromatic carbocycles. The Morgan fingerprint density at radius 1 is 0.889 bits per heavy atom. The lowest BCUT2D eigenvalue weighted by atomic mass is 10.0. The van der Waals surface area contributed by atoms with Crippen LogP contribution in [-0.2, 0) is 21.3 Å². The Bertz CT molecular complexity index is 1700. The summed E-state index contributed by atoms with van der Waals surface area (Å²) < 4.78 is 51.5. The zero-order chi connectivity index (χ0) is 32.9. The minimum absolute atomic E-state index is 0.169. The standard InChI is InChI=1S/C20H21NO4.C10H16N4O5S/c1-22-17-6-5-13(10-18(17)23-2)9-16-15-12-20(25-4)19(24-3)11-14(15)7-8-21-16;1-12-8-7(9(15)13(2)10(12)16)14(6-11-8)4-3-5-20(17,18)19/h5-8,10-12H,9H2,1-4H3;6-8H,3-5H2,1-2H3,(H,17,18,19). The van der Waals surface area contributed by atoms with Gasteiger partial charge in [-0.05, 0) is 47.7 Å². The minimum Gasteiger partial charge on any atom is -0.493 e. The van der Waals surface area contributed by atoms with Gasteiger partial charge in [-0.2, -0.15) is 8.42 Å². The Kier molecular flexibility index (Phi) is 10.3. The molecule has 14 nitrogen and oxygen atoms in total. The fourth-order valence-electron chi connectivity index (χ4n) is 5.21. The van der Waals surface area contributed by atoms with Crippen molar-refractivity contribution in [3.63, 3.8) is 0 Å². The first-order valence-corrected chi connectivity index (χ1v) is 15.5. The monoisotopic (exact) mass is 643 g/mol. The summed E-state index contributed by atoms with van der Waals surface area (Å²) in [4.78, 5) is 36.5. The molecular weight excluding hydrogens is 606 g/mol. The number of imide groups is 1. The lowest BCUT2D eigenvalue weighted by Crippen LogP contribution is -2.63. The van der Waals surface area contributed by atoms with Crippen molar-refractivity contribution in [3.05, 3.63) is 53.9 Å². The van der Waals surface area contributed by atoms with E-state index >= 15 is 0 Å². The molecule has 0 radical (unpaired) electrons. The first kappa shape index (κ1) is 33.3. The van der Waals surface area contributed by atoms with Gasteiger partial charge >= 0.3 is 6.03 Å². The molecule has 15 heteroatoms. The van der Waals surface area contributed by atoms with E-state index in [2.05, 4.69) is 9.98 Å². The smallest absolute Gasteiger partial charge is 0.328 e. The summed E-state index contributed by atoms with van der Waals surface area (Å²) in [5.74, 6) is 2.06. The number of urea groups is 1. The van der Waals surface area contributed by atoms with Crippen LogP contribution in [0.1, 0.15) is 17.7 Å². The molecule has 2 unspecified atom stereocenters.